The Morgan fingerprint density at radius 1 is 1.06 bits per heavy atom. The number of fused-ring (bicyclic) bond motifs is 1. The zero-order valence-corrected chi connectivity index (χ0v) is 23.0. The summed E-state index contributed by atoms with van der Waals surface area (Å²) in [7, 11) is 4.64. The SMILES string of the molecule is COc1cc(/C=N/N(C(=O)c2ccccc2I)c2nc3ccc(Br)cc3s2)cc(OC)c1OC. The molecule has 34 heavy (non-hydrogen) atoms. The third-order valence-electron chi connectivity index (χ3n) is 4.83. The summed E-state index contributed by atoms with van der Waals surface area (Å²) < 4.78 is 18.9. The Kier molecular flexibility index (Phi) is 7.69. The minimum Gasteiger partial charge on any atom is -0.493 e. The van der Waals surface area contributed by atoms with Crippen LogP contribution < -0.4 is 19.2 Å². The molecule has 0 saturated carbocycles. The summed E-state index contributed by atoms with van der Waals surface area (Å²) in [5.74, 6) is 1.17. The molecule has 0 aliphatic carbocycles. The molecule has 0 aliphatic rings. The highest BCUT2D eigenvalue weighted by molar-refractivity contribution is 14.1. The molecule has 0 aliphatic heterocycles. The number of nitrogens with zero attached hydrogens (tertiary/aromatic N) is 3. The van der Waals surface area contributed by atoms with Gasteiger partial charge in [0.2, 0.25) is 10.9 Å². The van der Waals surface area contributed by atoms with E-state index in [4.69, 9.17) is 14.2 Å². The maximum atomic E-state index is 13.6. The molecule has 1 aromatic heterocycles. The normalized spacial score (nSPS) is 11.1. The first-order chi connectivity index (χ1) is 16.4. The number of thiazole rings is 1. The molecule has 0 radical (unpaired) electrons. The Morgan fingerprint density at radius 2 is 1.76 bits per heavy atom. The van der Waals surface area contributed by atoms with E-state index < -0.39 is 0 Å². The number of halogens is 2. The number of hydrogen-bond acceptors (Lipinski definition) is 7. The monoisotopic (exact) mass is 651 g/mol. The number of ether oxygens (including phenoxy) is 3. The summed E-state index contributed by atoms with van der Waals surface area (Å²) in [6.45, 7) is 0. The van der Waals surface area contributed by atoms with E-state index in [1.165, 1.54) is 16.3 Å². The van der Waals surface area contributed by atoms with Gasteiger partial charge in [-0.15, -0.1) is 0 Å². The zero-order chi connectivity index (χ0) is 24.2. The van der Waals surface area contributed by atoms with Crippen LogP contribution in [0.2, 0.25) is 0 Å². The third-order valence-corrected chi connectivity index (χ3v) is 7.25. The van der Waals surface area contributed by atoms with E-state index in [0.29, 0.717) is 33.5 Å². The maximum absolute atomic E-state index is 13.6. The van der Waals surface area contributed by atoms with Crippen LogP contribution in [-0.4, -0.2) is 38.4 Å². The Hall–Kier alpha value is -2.70. The first-order valence-electron chi connectivity index (χ1n) is 9.94. The van der Waals surface area contributed by atoms with Gasteiger partial charge in [0.1, 0.15) is 0 Å². The number of rotatable bonds is 7. The molecule has 4 rings (SSSR count). The van der Waals surface area contributed by atoms with Crippen molar-refractivity contribution in [1.82, 2.24) is 4.98 Å². The number of carbonyl (C=O) groups excluding carboxylic acids is 1. The van der Waals surface area contributed by atoms with Crippen LogP contribution in [0.4, 0.5) is 5.13 Å². The van der Waals surface area contributed by atoms with Gasteiger partial charge in [0, 0.05) is 13.6 Å². The lowest BCUT2D eigenvalue weighted by Gasteiger charge is -2.15. The number of anilines is 1. The first-order valence-corrected chi connectivity index (χ1v) is 12.6. The van der Waals surface area contributed by atoms with Gasteiger partial charge in [-0.25, -0.2) is 4.98 Å². The van der Waals surface area contributed by atoms with E-state index in [-0.39, 0.29) is 5.91 Å². The van der Waals surface area contributed by atoms with Crippen LogP contribution in [-0.2, 0) is 0 Å². The number of hydrazone groups is 1. The predicted molar refractivity (Wildman–Crippen MR) is 147 cm³/mol. The lowest BCUT2D eigenvalue weighted by atomic mass is 10.2. The topological polar surface area (TPSA) is 73.2 Å². The number of aromatic nitrogens is 1. The van der Waals surface area contributed by atoms with Gasteiger partial charge >= 0.3 is 0 Å². The molecule has 10 heteroatoms. The van der Waals surface area contributed by atoms with Crippen molar-refractivity contribution >= 4 is 77.3 Å². The Balaban J connectivity index is 1.80. The van der Waals surface area contributed by atoms with Crippen molar-refractivity contribution in [1.29, 1.82) is 0 Å². The Labute approximate surface area is 222 Å². The molecule has 174 valence electrons. The maximum Gasteiger partial charge on any atom is 0.281 e. The second-order valence-electron chi connectivity index (χ2n) is 6.91. The van der Waals surface area contributed by atoms with Crippen LogP contribution in [0, 0.1) is 3.57 Å². The largest absolute Gasteiger partial charge is 0.493 e. The number of hydrogen-bond donors (Lipinski definition) is 0. The summed E-state index contributed by atoms with van der Waals surface area (Å²) >= 11 is 7.01. The van der Waals surface area contributed by atoms with Gasteiger partial charge in [-0.05, 0) is 65.1 Å². The van der Waals surface area contributed by atoms with Crippen LogP contribution in [0.3, 0.4) is 0 Å². The minimum atomic E-state index is -0.285. The number of carbonyl (C=O) groups is 1. The number of benzene rings is 3. The lowest BCUT2D eigenvalue weighted by Crippen LogP contribution is -2.26. The van der Waals surface area contributed by atoms with E-state index in [0.717, 1.165) is 18.3 Å². The minimum absolute atomic E-state index is 0.285. The average Bonchev–Trinajstić information content (AvgIpc) is 3.26. The van der Waals surface area contributed by atoms with Crippen molar-refractivity contribution in [3.63, 3.8) is 0 Å². The smallest absolute Gasteiger partial charge is 0.281 e. The zero-order valence-electron chi connectivity index (χ0n) is 18.4. The van der Waals surface area contributed by atoms with Gasteiger partial charge in [0.15, 0.2) is 11.5 Å². The average molecular weight is 652 g/mol. The van der Waals surface area contributed by atoms with Gasteiger partial charge in [0.25, 0.3) is 5.91 Å². The van der Waals surface area contributed by atoms with Crippen LogP contribution in [0.25, 0.3) is 10.2 Å². The summed E-state index contributed by atoms with van der Waals surface area (Å²) in [6, 6.07) is 16.7. The highest BCUT2D eigenvalue weighted by Crippen LogP contribution is 2.38. The van der Waals surface area contributed by atoms with Crippen molar-refractivity contribution in [2.75, 3.05) is 26.3 Å². The fourth-order valence-electron chi connectivity index (χ4n) is 3.21. The van der Waals surface area contributed by atoms with Crippen molar-refractivity contribution in [2.24, 2.45) is 5.10 Å². The van der Waals surface area contributed by atoms with Crippen LogP contribution in [0.15, 0.2) is 64.2 Å². The van der Waals surface area contributed by atoms with E-state index in [1.54, 1.807) is 45.7 Å². The molecule has 0 N–H and O–H groups in total. The van der Waals surface area contributed by atoms with Gasteiger partial charge in [-0.1, -0.05) is 39.4 Å². The van der Waals surface area contributed by atoms with Crippen LogP contribution in [0.1, 0.15) is 15.9 Å². The summed E-state index contributed by atoms with van der Waals surface area (Å²) in [4.78, 5) is 18.2. The Bertz CT molecular complexity index is 1370. The van der Waals surface area contributed by atoms with Crippen LogP contribution >= 0.6 is 49.9 Å². The van der Waals surface area contributed by atoms with Gasteiger partial charge in [0.05, 0.1) is 43.3 Å². The molecule has 0 spiro atoms. The van der Waals surface area contributed by atoms with Gasteiger partial charge < -0.3 is 14.2 Å². The number of methoxy groups -OCH3 is 3. The van der Waals surface area contributed by atoms with Crippen molar-refractivity contribution in [3.05, 3.63) is 73.8 Å². The molecular formula is C24H19BrIN3O4S. The number of amides is 1. The quantitative estimate of drug-likeness (QED) is 0.132. The fraction of sp³-hybridized carbons (Fsp3) is 0.125. The molecule has 0 saturated heterocycles. The van der Waals surface area contributed by atoms with Crippen molar-refractivity contribution in [2.45, 2.75) is 0 Å². The molecule has 0 atom stereocenters. The van der Waals surface area contributed by atoms with Gasteiger partial charge in [-0.2, -0.15) is 10.1 Å². The first kappa shape index (κ1) is 24.4. The van der Waals surface area contributed by atoms with E-state index in [2.05, 4.69) is 48.6 Å². The van der Waals surface area contributed by atoms with Crippen molar-refractivity contribution < 1.29 is 19.0 Å². The molecule has 1 heterocycles. The standard InChI is InChI=1S/C24H19BrIN3O4S/c1-31-19-10-14(11-20(32-2)22(19)33-3)13-27-29(23(30)16-6-4-5-7-17(16)26)24-28-18-9-8-15(25)12-21(18)34-24/h4-13H,1-3H3/b27-13+. The molecule has 0 bridgehead atoms. The summed E-state index contributed by atoms with van der Waals surface area (Å²) in [6.07, 6.45) is 1.57. The molecular weight excluding hydrogens is 633 g/mol. The molecule has 0 fully saturated rings. The molecule has 4 aromatic rings. The second kappa shape index (κ2) is 10.7. The molecule has 0 unspecified atom stereocenters. The highest BCUT2D eigenvalue weighted by Gasteiger charge is 2.23. The fourth-order valence-corrected chi connectivity index (χ4v) is 5.31. The van der Waals surface area contributed by atoms with E-state index in [9.17, 15) is 4.79 Å². The van der Waals surface area contributed by atoms with Crippen molar-refractivity contribution in [3.8, 4) is 17.2 Å². The molecule has 3 aromatic carbocycles. The second-order valence-corrected chi connectivity index (χ2v) is 10.00. The van der Waals surface area contributed by atoms with E-state index >= 15 is 0 Å². The summed E-state index contributed by atoms with van der Waals surface area (Å²) in [5, 5.41) is 6.32. The Morgan fingerprint density at radius 3 is 2.41 bits per heavy atom. The molecule has 7 nitrogen and oxygen atoms in total. The summed E-state index contributed by atoms with van der Waals surface area (Å²) in [5.41, 5.74) is 1.98. The highest BCUT2D eigenvalue weighted by atomic mass is 127. The van der Waals surface area contributed by atoms with Crippen LogP contribution in [0.5, 0.6) is 17.2 Å². The third kappa shape index (κ3) is 5.03. The molecule has 1 amide bonds. The lowest BCUT2D eigenvalue weighted by molar-refractivity contribution is 0.0987. The predicted octanol–water partition coefficient (Wildman–Crippen LogP) is 6.37. The van der Waals surface area contributed by atoms with E-state index in [1.807, 2.05) is 36.4 Å². The van der Waals surface area contributed by atoms with Gasteiger partial charge in [-0.3, -0.25) is 4.79 Å².